The van der Waals surface area contributed by atoms with Crippen LogP contribution in [-0.2, 0) is 0 Å². The van der Waals surface area contributed by atoms with Crippen LogP contribution in [0, 0.1) is 0 Å². The Hall–Kier alpha value is -16.7. The van der Waals surface area contributed by atoms with Crippen LogP contribution in [0.3, 0.4) is 0 Å². The maximum absolute atomic E-state index is 4.57. The molecule has 25 aromatic rings. The molecule has 5 heteroatoms. The van der Waals surface area contributed by atoms with Gasteiger partial charge in [0.05, 0.1) is 5.69 Å². The minimum Gasteiger partial charge on any atom is -0.264 e. The summed E-state index contributed by atoms with van der Waals surface area (Å²) in [5.74, 6) is 0. The first-order valence-electron chi connectivity index (χ1n) is 42.9. The highest BCUT2D eigenvalue weighted by molar-refractivity contribution is 6.32. The number of hydrogen-bond acceptors (Lipinski definition) is 5. The molecule has 5 aromatic heterocycles. The first-order valence-corrected chi connectivity index (χ1v) is 42.9. The third-order valence-corrected chi connectivity index (χ3v) is 25.3. The fraction of sp³-hybridized carbons (Fsp3) is 0. The zero-order valence-electron chi connectivity index (χ0n) is 68.7. The molecule has 0 aliphatic carbocycles. The van der Waals surface area contributed by atoms with Crippen LogP contribution in [0.25, 0.3) is 242 Å². The van der Waals surface area contributed by atoms with Crippen LogP contribution in [0.4, 0.5) is 0 Å². The lowest BCUT2D eigenvalue weighted by Crippen LogP contribution is -1.92. The molecule has 0 atom stereocenters. The van der Waals surface area contributed by atoms with E-state index in [1.165, 1.54) is 203 Å². The molecular formula is C121H77N5. The van der Waals surface area contributed by atoms with Crippen molar-refractivity contribution in [2.24, 2.45) is 0 Å². The van der Waals surface area contributed by atoms with Gasteiger partial charge in [-0.2, -0.15) is 0 Å². The van der Waals surface area contributed by atoms with Crippen molar-refractivity contribution >= 4 is 97.0 Å². The van der Waals surface area contributed by atoms with E-state index < -0.39 is 0 Å². The molecule has 5 heterocycles. The standard InChI is InChI=1S/C45H29N.2C38H24N2/c1-3-9-30(10-4-1)32-14-16-33(17-15-32)41-29-42(34-18-20-35(21-19-34)43-13-7-8-26-46-43)40-25-23-37-28-38(31-11-5-2-6-12-31)27-36-22-24-39(41)45(40)44(36)37;1-2-6-25(7-3-1)32-20-28-14-16-33-35(27-12-10-26(11-13-27)30-8-4-18-39-23-30)22-36(31-9-5-19-40-24-31)34-17-15-29(21-32)37(28)38(33)34;1-2-6-25(7-3-1)26-10-12-27(13-11-26)32-20-28-14-16-33-35(30-8-4-18-39-23-30)22-36(31-9-5-19-40-24-31)34-17-15-29(21-32)37(28)38(33)34/h1-29H;2*1-24H. The summed E-state index contributed by atoms with van der Waals surface area (Å²) in [6, 6.07) is 149. The number of rotatable bonds is 13. The second-order valence-electron chi connectivity index (χ2n) is 32.6. The summed E-state index contributed by atoms with van der Waals surface area (Å²) < 4.78 is 0. The summed E-state index contributed by atoms with van der Waals surface area (Å²) in [5, 5.41) is 23.0. The molecule has 0 spiro atoms. The number of hydrogen-bond donors (Lipinski definition) is 0. The summed E-state index contributed by atoms with van der Waals surface area (Å²) in [6.07, 6.45) is 16.9. The van der Waals surface area contributed by atoms with Crippen LogP contribution in [0.15, 0.2) is 468 Å². The van der Waals surface area contributed by atoms with Gasteiger partial charge >= 0.3 is 0 Å². The molecule has 0 saturated carbocycles. The number of nitrogens with zero attached hydrogens (tertiary/aromatic N) is 5. The van der Waals surface area contributed by atoms with Gasteiger partial charge in [-0.3, -0.25) is 24.9 Å². The molecule has 0 aliphatic heterocycles. The average molecular weight is 1600 g/mol. The lowest BCUT2D eigenvalue weighted by molar-refractivity contribution is 1.33. The van der Waals surface area contributed by atoms with Gasteiger partial charge in [-0.25, -0.2) is 0 Å². The summed E-state index contributed by atoms with van der Waals surface area (Å²) in [4.78, 5) is 22.2. The van der Waals surface area contributed by atoms with Crippen LogP contribution >= 0.6 is 0 Å². The molecule has 0 unspecified atom stereocenters. The van der Waals surface area contributed by atoms with Crippen molar-refractivity contribution in [1.29, 1.82) is 0 Å². The minimum atomic E-state index is 0.984. The van der Waals surface area contributed by atoms with Gasteiger partial charge < -0.3 is 0 Å². The smallest absolute Gasteiger partial charge is 0.0701 e. The topological polar surface area (TPSA) is 64.5 Å². The van der Waals surface area contributed by atoms with E-state index in [0.29, 0.717) is 0 Å². The van der Waals surface area contributed by atoms with E-state index in [-0.39, 0.29) is 0 Å². The molecule has 586 valence electrons. The lowest BCUT2D eigenvalue weighted by Gasteiger charge is -2.19. The molecule has 0 aliphatic rings. The van der Waals surface area contributed by atoms with E-state index in [9.17, 15) is 0 Å². The molecule has 126 heavy (non-hydrogen) atoms. The van der Waals surface area contributed by atoms with E-state index >= 15 is 0 Å². The molecule has 25 rings (SSSR count). The Bertz CT molecular complexity index is 7980. The fourth-order valence-electron chi connectivity index (χ4n) is 19.2. The summed E-state index contributed by atoms with van der Waals surface area (Å²) in [7, 11) is 0. The predicted molar refractivity (Wildman–Crippen MR) is 530 cm³/mol. The first-order chi connectivity index (χ1) is 62.5. The first kappa shape index (κ1) is 74.3. The monoisotopic (exact) mass is 1600 g/mol. The van der Waals surface area contributed by atoms with Crippen LogP contribution in [0.2, 0.25) is 0 Å². The summed E-state index contributed by atoms with van der Waals surface area (Å²) in [5.41, 5.74) is 31.0. The van der Waals surface area contributed by atoms with Crippen LogP contribution in [-0.4, -0.2) is 24.9 Å². The van der Waals surface area contributed by atoms with Crippen molar-refractivity contribution in [3.8, 4) is 145 Å². The molecule has 0 amide bonds. The highest BCUT2D eigenvalue weighted by atomic mass is 14.7. The summed E-state index contributed by atoms with van der Waals surface area (Å²) >= 11 is 0. The van der Waals surface area contributed by atoms with Gasteiger partial charge in [0.1, 0.15) is 0 Å². The van der Waals surface area contributed by atoms with Crippen LogP contribution in [0.1, 0.15) is 0 Å². The van der Waals surface area contributed by atoms with Crippen molar-refractivity contribution < 1.29 is 0 Å². The zero-order chi connectivity index (χ0) is 83.4. The van der Waals surface area contributed by atoms with Crippen molar-refractivity contribution in [1.82, 2.24) is 24.9 Å². The Morgan fingerprint density at radius 3 is 0.619 bits per heavy atom. The largest absolute Gasteiger partial charge is 0.264 e. The van der Waals surface area contributed by atoms with Crippen molar-refractivity contribution in [3.63, 3.8) is 0 Å². The van der Waals surface area contributed by atoms with Crippen LogP contribution in [0.5, 0.6) is 0 Å². The van der Waals surface area contributed by atoms with Crippen molar-refractivity contribution in [2.75, 3.05) is 0 Å². The molecule has 20 aromatic carbocycles. The average Bonchev–Trinajstić information content (AvgIpc) is 0.725. The Labute approximate surface area is 729 Å². The van der Waals surface area contributed by atoms with Gasteiger partial charge in [-0.05, 0) is 305 Å². The molecule has 0 N–H and O–H groups in total. The Morgan fingerprint density at radius 2 is 0.349 bits per heavy atom. The molecule has 0 saturated heterocycles. The van der Waals surface area contributed by atoms with Crippen molar-refractivity contribution in [3.05, 3.63) is 468 Å². The zero-order valence-corrected chi connectivity index (χ0v) is 68.7. The minimum absolute atomic E-state index is 0.984. The maximum Gasteiger partial charge on any atom is 0.0701 e. The van der Waals surface area contributed by atoms with Crippen LogP contribution < -0.4 is 0 Å². The van der Waals surface area contributed by atoms with E-state index in [1.807, 2.05) is 92.2 Å². The van der Waals surface area contributed by atoms with Crippen molar-refractivity contribution in [2.45, 2.75) is 0 Å². The maximum atomic E-state index is 4.57. The van der Waals surface area contributed by atoms with E-state index in [1.54, 1.807) is 0 Å². The van der Waals surface area contributed by atoms with Gasteiger partial charge in [0.15, 0.2) is 0 Å². The molecule has 0 bridgehead atoms. The quantitative estimate of drug-likeness (QED) is 0.108. The van der Waals surface area contributed by atoms with E-state index in [4.69, 9.17) is 0 Å². The second-order valence-corrected chi connectivity index (χ2v) is 32.6. The van der Waals surface area contributed by atoms with Gasteiger partial charge in [-0.1, -0.05) is 322 Å². The predicted octanol–water partition coefficient (Wildman–Crippen LogP) is 32.4. The molecule has 0 fully saturated rings. The highest BCUT2D eigenvalue weighted by Crippen LogP contribution is 2.50. The lowest BCUT2D eigenvalue weighted by atomic mass is 9.84. The van der Waals surface area contributed by atoms with E-state index in [0.717, 1.165) is 39.1 Å². The van der Waals surface area contributed by atoms with Gasteiger partial charge in [0, 0.05) is 78.0 Å². The SMILES string of the molecule is c1ccc(-c2cc3ccc4c(-c5ccc(-c6cccnc6)cc5)cc(-c5cccnc5)c5ccc(c2)c3c45)cc1.c1ccc(-c2ccc(-c3cc(-c4ccc(-c5ccccn5)cc4)c4ccc5cc(-c6ccccc6)cc6ccc3c4c65)cc2)cc1.c1ccc(-c2ccc(-c3cc4ccc5c(-c6cccnc6)cc(-c6cccnc6)c6ccc(c3)c4c56)cc2)cc1. The summed E-state index contributed by atoms with van der Waals surface area (Å²) in [6.45, 7) is 0. The third-order valence-electron chi connectivity index (χ3n) is 25.3. The van der Waals surface area contributed by atoms with E-state index in [2.05, 4.69) is 401 Å². The number of aromatic nitrogens is 5. The highest BCUT2D eigenvalue weighted by Gasteiger charge is 2.23. The molecule has 5 nitrogen and oxygen atoms in total. The Morgan fingerprint density at radius 1 is 0.127 bits per heavy atom. The fourth-order valence-corrected chi connectivity index (χ4v) is 19.2. The molecule has 0 radical (unpaired) electrons. The normalized spacial score (nSPS) is 11.5. The van der Waals surface area contributed by atoms with Gasteiger partial charge in [-0.15, -0.1) is 0 Å². The Kier molecular flexibility index (Phi) is 18.9. The van der Waals surface area contributed by atoms with Gasteiger partial charge in [0.2, 0.25) is 0 Å². The molecular weight excluding hydrogens is 1520 g/mol. The number of benzene rings is 20. The second kappa shape index (κ2) is 32.0. The number of pyridine rings is 5. The third kappa shape index (κ3) is 13.7. The Balaban J connectivity index is 0.000000109. The van der Waals surface area contributed by atoms with Gasteiger partial charge in [0.25, 0.3) is 0 Å².